The lowest BCUT2D eigenvalue weighted by Gasteiger charge is -2.45. The van der Waals surface area contributed by atoms with Crippen LogP contribution in [0.5, 0.6) is 0 Å². The number of rotatable bonds is 30. The Labute approximate surface area is 517 Å². The van der Waals surface area contributed by atoms with E-state index in [0.29, 0.717) is 32.4 Å². The Morgan fingerprint density at radius 2 is 1.13 bits per heavy atom. The van der Waals surface area contributed by atoms with E-state index in [9.17, 15) is 48.3 Å². The summed E-state index contributed by atoms with van der Waals surface area (Å²) in [6, 6.07) is 2.46. The van der Waals surface area contributed by atoms with Crippen LogP contribution in [-0.4, -0.2) is 138 Å². The first-order valence-electron chi connectivity index (χ1n) is 30.0. The van der Waals surface area contributed by atoms with Crippen LogP contribution in [-0.2, 0) is 51.8 Å². The summed E-state index contributed by atoms with van der Waals surface area (Å²) in [5.74, 6) is -1.42. The summed E-state index contributed by atoms with van der Waals surface area (Å²) in [7, 11) is -3.30. The average Bonchev–Trinajstić information content (AvgIpc) is 1.89. The van der Waals surface area contributed by atoms with Gasteiger partial charge in [0.05, 0.1) is 31.7 Å². The molecule has 5 heterocycles. The number of carbonyl (C=O) groups is 5. The van der Waals surface area contributed by atoms with E-state index >= 15 is 0 Å². The van der Waals surface area contributed by atoms with E-state index < -0.39 is 107 Å². The highest BCUT2D eigenvalue weighted by molar-refractivity contribution is 7.16. The molecule has 0 spiro atoms. The number of amides is 2. The minimum absolute atomic E-state index is 0. The van der Waals surface area contributed by atoms with Gasteiger partial charge in [0.25, 0.3) is 11.1 Å². The maximum atomic E-state index is 13.2. The van der Waals surface area contributed by atoms with E-state index in [-0.39, 0.29) is 108 Å². The van der Waals surface area contributed by atoms with Crippen LogP contribution in [0, 0.1) is 0 Å². The van der Waals surface area contributed by atoms with Gasteiger partial charge in [-0.15, -0.1) is 0 Å². The first kappa shape index (κ1) is 77.0. The number of hydrogen-bond acceptors (Lipinski definition) is 16. The number of aromatic nitrogens is 4. The number of aliphatic hydroxyl groups excluding tert-OH is 1. The Balaban J connectivity index is 0.000000567. The smallest absolute Gasteiger partial charge is 0.330 e. The van der Waals surface area contributed by atoms with Gasteiger partial charge in [0.2, 0.25) is 28.4 Å². The molecule has 5 rings (SSSR count). The molecule has 3 aliphatic heterocycles. The number of nitrogens with one attached hydrogen (secondary N) is 3. The summed E-state index contributed by atoms with van der Waals surface area (Å²) < 4.78 is 41.0. The van der Waals surface area contributed by atoms with Crippen LogP contribution >= 0.6 is 9.24 Å². The van der Waals surface area contributed by atoms with Gasteiger partial charge in [-0.05, 0) is 68.2 Å². The summed E-state index contributed by atoms with van der Waals surface area (Å²) in [4.78, 5) is 118. The number of unbranched alkanes of at least 4 members (excludes halogenated alkanes) is 1. The number of hydrogen-bond donors (Lipinski definition) is 4. The quantitative estimate of drug-likeness (QED) is 0.0370. The second-order valence-corrected chi connectivity index (χ2v) is 35.4. The van der Waals surface area contributed by atoms with E-state index in [1.54, 1.807) is 11.0 Å². The summed E-state index contributed by atoms with van der Waals surface area (Å²) in [5.41, 5.74) is -0.425. The SMILES string of the molecule is CCCCN1C(=O)CCC1=CCC(=O)O[C@@H]1C(O[Si](C(C)C)(C(C)C)C(C)C)[C@H](n2ccc(=O)[nH]c2=O)O[C@@H]1CO.CC[C@H]1O[C@@H](n2ccc(=O)[nH]c2=O)C(O[Si](C(C)C)(C(C)C)C(C)C)[C@H]1OC(=O)CCC(=O)CCC(=O)NCCC[PH3+].[Cl-].[Cl-]. The summed E-state index contributed by atoms with van der Waals surface area (Å²) in [5, 5.41) is 13.0. The number of H-pyrrole nitrogens is 2. The van der Waals surface area contributed by atoms with Crippen LogP contribution in [0.3, 0.4) is 0 Å². The number of allylic oxidation sites excluding steroid dienone is 1. The largest absolute Gasteiger partial charge is 1.00 e. The Kier molecular flexibility index (Phi) is 32.4. The van der Waals surface area contributed by atoms with E-state index in [2.05, 4.69) is 105 Å². The Bertz CT molecular complexity index is 2710. The minimum Gasteiger partial charge on any atom is -1.00 e. The molecule has 0 radical (unpaired) electrons. The predicted molar refractivity (Wildman–Crippen MR) is 325 cm³/mol. The zero-order valence-electron chi connectivity index (χ0n) is 52.5. The number of aliphatic hydroxyl groups is 1. The number of ether oxygens (including phenoxy) is 4. The van der Waals surface area contributed by atoms with E-state index in [0.717, 1.165) is 31.1 Å². The highest BCUT2D eigenvalue weighted by Gasteiger charge is 2.57. The Hall–Kier alpha value is -4.11. The van der Waals surface area contributed by atoms with Crippen LogP contribution in [0.2, 0.25) is 33.2 Å². The van der Waals surface area contributed by atoms with E-state index in [1.807, 2.05) is 16.2 Å². The second-order valence-electron chi connectivity index (χ2n) is 23.9. The van der Waals surface area contributed by atoms with Gasteiger partial charge in [-0.3, -0.25) is 52.7 Å². The molecule has 3 fully saturated rings. The fourth-order valence-electron chi connectivity index (χ4n) is 12.6. The van der Waals surface area contributed by atoms with Gasteiger partial charge >= 0.3 is 23.3 Å². The Morgan fingerprint density at radius 3 is 1.56 bits per heavy atom. The number of Topliss-reactive ketones (excluding diaryl/α,β-unsaturated/α-hetero) is 1. The Morgan fingerprint density at radius 1 is 0.671 bits per heavy atom. The molecule has 9 atom stereocenters. The third-order valence-corrected chi connectivity index (χ3v) is 29.2. The average molecular weight is 1290 g/mol. The number of esters is 2. The van der Waals surface area contributed by atoms with Gasteiger partial charge in [-0.1, -0.05) is 109 Å². The van der Waals surface area contributed by atoms with Crippen LogP contribution in [0.4, 0.5) is 0 Å². The zero-order valence-corrected chi connectivity index (χ0v) is 57.4. The number of likely N-dealkylation sites (tertiary alicyclic amines) is 1. The second kappa shape index (κ2) is 35.8. The van der Waals surface area contributed by atoms with Crippen LogP contribution in [0.1, 0.15) is 180 Å². The number of carbonyl (C=O) groups excluding carboxylic acids is 5. The fourth-order valence-corrected chi connectivity index (χ4v) is 23.9. The highest BCUT2D eigenvalue weighted by Crippen LogP contribution is 2.48. The molecule has 0 aliphatic carbocycles. The lowest BCUT2D eigenvalue weighted by atomic mass is 10.1. The highest BCUT2D eigenvalue weighted by atomic mass is 35.5. The van der Waals surface area contributed by atoms with Crippen molar-refractivity contribution in [2.45, 2.75) is 250 Å². The first-order chi connectivity index (χ1) is 39.1. The van der Waals surface area contributed by atoms with Crippen molar-refractivity contribution in [3.8, 4) is 0 Å². The van der Waals surface area contributed by atoms with E-state index in [4.69, 9.17) is 27.8 Å². The van der Waals surface area contributed by atoms with Crippen molar-refractivity contribution in [1.29, 1.82) is 0 Å². The maximum absolute atomic E-state index is 13.2. The molecular weight excluding hydrogens is 1190 g/mol. The standard InChI is InChI=1S/C29H50N3O8PSi.C29H47N3O8Si.2ClH/c1-8-22-26(39-25(36)13-11-21(33)10-12-23(34)30-15-9-17-41)27(40-42(18(2)3,19(4)5)20(6)7)28(38-22)32-16-14-24(35)31-29(32)37;1-8-9-15-31-21(10-12-24(31)35)11-13-25(36)39-26-22(17-33)38-28(32-16-14-23(34)30-29(32)37)27(26)40-41(18(2)3,19(4)5)20(6)7;;/h14,16,18-20,22,26-28H,8-13,15,17,41H2,1-7H3,(H,30,34)(H,31,35,37);11,14,16,18-20,22,26-28,33H,8-10,12-13,15,17H2,1-7H3,(H,30,34,37);2*1H/p-1/t2*22-,26+,27?,28-;;/m11../s1. The molecule has 3 aliphatic rings. The molecule has 22 nitrogen and oxygen atoms in total. The first-order valence-corrected chi connectivity index (χ1v) is 35.3. The summed E-state index contributed by atoms with van der Waals surface area (Å²) >= 11 is 0. The van der Waals surface area contributed by atoms with Gasteiger partial charge in [-0.25, -0.2) is 9.59 Å². The van der Waals surface area contributed by atoms with Crippen LogP contribution in [0.25, 0.3) is 0 Å². The van der Waals surface area contributed by atoms with Crippen molar-refractivity contribution >= 4 is 55.4 Å². The number of aromatic amines is 2. The number of nitrogens with zero attached hydrogens (tertiary/aromatic N) is 3. The lowest BCUT2D eigenvalue weighted by Crippen LogP contribution is -3.00. The molecule has 27 heteroatoms. The topological polar surface area (TPSA) is 286 Å². The van der Waals surface area contributed by atoms with Crippen molar-refractivity contribution in [2.24, 2.45) is 0 Å². The third-order valence-electron chi connectivity index (χ3n) is 16.5. The third kappa shape index (κ3) is 19.7. The number of halogens is 2. The molecule has 4 N–H and O–H groups in total. The van der Waals surface area contributed by atoms with Gasteiger partial charge in [0, 0.05) is 69.0 Å². The monoisotopic (exact) mass is 1290 g/mol. The summed E-state index contributed by atoms with van der Waals surface area (Å²) in [6.07, 6.45) is 2.57. The van der Waals surface area contributed by atoms with Gasteiger partial charge in [-0.2, -0.15) is 0 Å². The van der Waals surface area contributed by atoms with Crippen molar-refractivity contribution in [2.75, 3.05) is 25.9 Å². The molecule has 2 amide bonds. The number of ketones is 1. The normalized spacial score (nSPS) is 22.1. The summed E-state index contributed by atoms with van der Waals surface area (Å²) in [6.45, 7) is 30.2. The molecular formula is C58H98Cl2N6O16PSi2-. The van der Waals surface area contributed by atoms with Crippen molar-refractivity contribution < 1.29 is 81.7 Å². The molecule has 85 heavy (non-hydrogen) atoms. The molecule has 0 aromatic carbocycles. The molecule has 0 saturated carbocycles. The van der Waals surface area contributed by atoms with Crippen LogP contribution in [0.15, 0.2) is 55.5 Å². The molecule has 0 bridgehead atoms. The fraction of sp³-hybridized carbons (Fsp3) is 0.741. The van der Waals surface area contributed by atoms with Gasteiger partial charge in [0.1, 0.15) is 24.1 Å². The molecule has 3 unspecified atom stereocenters. The predicted octanol–water partition coefficient (Wildman–Crippen LogP) is 1.16. The molecule has 3 saturated heterocycles. The molecule has 2 aromatic heterocycles. The lowest BCUT2D eigenvalue weighted by molar-refractivity contribution is -0.156. The van der Waals surface area contributed by atoms with E-state index in [1.165, 1.54) is 33.7 Å². The molecule has 484 valence electrons. The zero-order chi connectivity index (χ0) is 62.1. The van der Waals surface area contributed by atoms with Crippen molar-refractivity contribution in [3.63, 3.8) is 0 Å². The van der Waals surface area contributed by atoms with Gasteiger partial charge in [0.15, 0.2) is 24.7 Å². The minimum atomic E-state index is -2.60. The van der Waals surface area contributed by atoms with Gasteiger partial charge < -0.3 is 67.9 Å². The van der Waals surface area contributed by atoms with Crippen molar-refractivity contribution in [1.82, 2.24) is 29.3 Å². The molecule has 2 aromatic rings. The maximum Gasteiger partial charge on any atom is 0.330 e. The van der Waals surface area contributed by atoms with Crippen molar-refractivity contribution in [3.05, 3.63) is 78.0 Å². The van der Waals surface area contributed by atoms with Crippen LogP contribution < -0.4 is 52.6 Å².